The minimum absolute atomic E-state index is 0.139. The number of nitrogens with zero attached hydrogens (tertiary/aromatic N) is 1. The van der Waals surface area contributed by atoms with Crippen LogP contribution in [0.1, 0.15) is 23.6 Å². The molecule has 0 saturated heterocycles. The molecule has 2 amide bonds. The number of hydrogen-bond acceptors (Lipinski definition) is 8. The van der Waals surface area contributed by atoms with Crippen molar-refractivity contribution in [2.75, 3.05) is 25.0 Å². The van der Waals surface area contributed by atoms with Gasteiger partial charge in [-0.2, -0.15) is 26.3 Å². The maximum Gasteiger partial charge on any atom is 0.491 e. The van der Waals surface area contributed by atoms with Crippen LogP contribution in [0, 0.1) is 0 Å². The highest BCUT2D eigenvalue weighted by atomic mass is 19.4. The number of hydrogen-bond donors (Lipinski definition) is 3. The maximum absolute atomic E-state index is 14.0. The molecule has 3 rings (SSSR count). The number of halogens is 6. The quantitative estimate of drug-likeness (QED) is 0.120. The molecule has 1 unspecified atom stereocenters. The highest BCUT2D eigenvalue weighted by Crippen LogP contribution is 2.39. The Kier molecular flexibility index (Phi) is 11.2. The number of pyridine rings is 1. The second kappa shape index (κ2) is 14.8. The first-order chi connectivity index (χ1) is 20.7. The molecule has 1 heterocycles. The van der Waals surface area contributed by atoms with Gasteiger partial charge in [0, 0.05) is 6.20 Å². The fourth-order valence-corrected chi connectivity index (χ4v) is 3.74. The molecule has 0 aliphatic carbocycles. The van der Waals surface area contributed by atoms with E-state index in [9.17, 15) is 45.5 Å². The van der Waals surface area contributed by atoms with Crippen LogP contribution in [0.25, 0.3) is 11.1 Å². The summed E-state index contributed by atoms with van der Waals surface area (Å²) in [5, 5.41) is 7.13. The normalized spacial score (nSPS) is 12.0. The molecule has 0 radical (unpaired) electrons. The highest BCUT2D eigenvalue weighted by molar-refractivity contribution is 5.89. The fraction of sp³-hybridized carbons (Fsp3) is 0.250. The maximum atomic E-state index is 14.0. The number of benzene rings is 2. The van der Waals surface area contributed by atoms with E-state index in [0.29, 0.717) is 11.9 Å². The summed E-state index contributed by atoms with van der Waals surface area (Å²) in [5.41, 5.74) is -1.56. The lowest BCUT2D eigenvalue weighted by Gasteiger charge is -2.21. The summed E-state index contributed by atoms with van der Waals surface area (Å²) >= 11 is 0. The van der Waals surface area contributed by atoms with Crippen LogP contribution in [0.2, 0.25) is 0 Å². The monoisotopic (exact) mass is 626 g/mol. The number of alkyl carbamates (subject to hydrolysis) is 1. The van der Waals surface area contributed by atoms with Crippen LogP contribution in [0.4, 0.5) is 37.0 Å². The van der Waals surface area contributed by atoms with Gasteiger partial charge in [0.25, 0.3) is 0 Å². The SMILES string of the molecule is O=C(CNC(=O)OCCNc1ccccn1)NC(CC(=O)OC(=O)C(F)(F)F)c1ccc(-c2ccccc2)c(C(F)(F)F)c1. The Morgan fingerprint density at radius 2 is 1.59 bits per heavy atom. The third-order valence-electron chi connectivity index (χ3n) is 5.68. The van der Waals surface area contributed by atoms with E-state index < -0.39 is 60.9 Å². The topological polar surface area (TPSA) is 136 Å². The van der Waals surface area contributed by atoms with Crippen LogP contribution in [0.5, 0.6) is 0 Å². The Morgan fingerprint density at radius 1 is 0.886 bits per heavy atom. The van der Waals surface area contributed by atoms with E-state index in [2.05, 4.69) is 25.7 Å². The van der Waals surface area contributed by atoms with Crippen molar-refractivity contribution in [2.24, 2.45) is 0 Å². The predicted molar refractivity (Wildman–Crippen MR) is 142 cm³/mol. The number of nitrogens with one attached hydrogen (secondary N) is 3. The molecule has 0 bridgehead atoms. The van der Waals surface area contributed by atoms with Crippen molar-refractivity contribution in [1.29, 1.82) is 0 Å². The van der Waals surface area contributed by atoms with E-state index in [1.165, 1.54) is 30.5 Å². The van der Waals surface area contributed by atoms with Crippen LogP contribution >= 0.6 is 0 Å². The van der Waals surface area contributed by atoms with Crippen LogP contribution in [0.15, 0.2) is 72.9 Å². The minimum Gasteiger partial charge on any atom is -0.448 e. The third-order valence-corrected chi connectivity index (χ3v) is 5.68. The lowest BCUT2D eigenvalue weighted by atomic mass is 9.93. The summed E-state index contributed by atoms with van der Waals surface area (Å²) in [6, 6.07) is 13.6. The predicted octanol–water partition coefficient (Wildman–Crippen LogP) is 4.79. The number of rotatable bonds is 11. The van der Waals surface area contributed by atoms with Gasteiger partial charge in [-0.05, 0) is 34.9 Å². The van der Waals surface area contributed by atoms with Gasteiger partial charge in [0.15, 0.2) is 0 Å². The van der Waals surface area contributed by atoms with E-state index in [-0.39, 0.29) is 29.8 Å². The fourth-order valence-electron chi connectivity index (χ4n) is 3.74. The number of ether oxygens (including phenoxy) is 2. The molecular weight excluding hydrogens is 602 g/mol. The van der Waals surface area contributed by atoms with E-state index in [4.69, 9.17) is 4.74 Å². The minimum atomic E-state index is -5.52. The standard InChI is InChI=1S/C28H24F6N4O6/c29-27(30,31)20-14-18(9-10-19(20)17-6-2-1-3-7-17)21(15-24(40)44-25(41)28(32,33)34)38-23(39)16-37-26(42)43-13-12-36-22-8-4-5-11-35-22/h1-11,14,21H,12-13,15-16H2,(H,35,36)(H,37,42)(H,38,39). The van der Waals surface area contributed by atoms with Gasteiger partial charge < -0.3 is 25.4 Å². The first-order valence-corrected chi connectivity index (χ1v) is 12.7. The number of amides is 2. The van der Waals surface area contributed by atoms with Crippen molar-refractivity contribution >= 4 is 29.8 Å². The first kappa shape index (κ1) is 33.4. The molecule has 1 atom stereocenters. The number of carbonyl (C=O) groups excluding carboxylic acids is 4. The zero-order valence-corrected chi connectivity index (χ0v) is 22.5. The molecule has 0 aliphatic rings. The van der Waals surface area contributed by atoms with Crippen LogP contribution in [0.3, 0.4) is 0 Å². The molecule has 0 fully saturated rings. The lowest BCUT2D eigenvalue weighted by Crippen LogP contribution is -2.40. The molecule has 0 saturated carbocycles. The van der Waals surface area contributed by atoms with Gasteiger partial charge in [-0.25, -0.2) is 14.6 Å². The summed E-state index contributed by atoms with van der Waals surface area (Å²) in [5.74, 6) is -5.15. The molecule has 3 N–H and O–H groups in total. The average Bonchev–Trinajstić information content (AvgIpc) is 2.97. The van der Waals surface area contributed by atoms with Crippen molar-refractivity contribution in [3.8, 4) is 11.1 Å². The summed E-state index contributed by atoms with van der Waals surface area (Å²) < 4.78 is 88.4. The van der Waals surface area contributed by atoms with Gasteiger partial charge in [-0.15, -0.1) is 0 Å². The van der Waals surface area contributed by atoms with Crippen molar-refractivity contribution < 1.29 is 55.0 Å². The second-order valence-corrected chi connectivity index (χ2v) is 8.88. The van der Waals surface area contributed by atoms with E-state index in [0.717, 1.165) is 12.1 Å². The Hall–Kier alpha value is -5.15. The molecule has 16 heteroatoms. The van der Waals surface area contributed by atoms with Gasteiger partial charge in [-0.3, -0.25) is 9.59 Å². The zero-order chi connectivity index (χ0) is 32.3. The van der Waals surface area contributed by atoms with E-state index in [1.54, 1.807) is 24.3 Å². The van der Waals surface area contributed by atoms with Crippen molar-refractivity contribution in [3.63, 3.8) is 0 Å². The number of carbonyl (C=O) groups is 4. The summed E-state index contributed by atoms with van der Waals surface area (Å²) in [6.45, 7) is -0.758. The lowest BCUT2D eigenvalue weighted by molar-refractivity contribution is -0.202. The summed E-state index contributed by atoms with van der Waals surface area (Å²) in [7, 11) is 0. The van der Waals surface area contributed by atoms with Gasteiger partial charge in [0.2, 0.25) is 5.91 Å². The highest BCUT2D eigenvalue weighted by Gasteiger charge is 2.43. The number of alkyl halides is 6. The Labute approximate surface area is 245 Å². The number of esters is 2. The molecule has 234 valence electrons. The molecule has 1 aromatic heterocycles. The zero-order valence-electron chi connectivity index (χ0n) is 22.5. The Bertz CT molecular complexity index is 1450. The number of aromatic nitrogens is 1. The second-order valence-electron chi connectivity index (χ2n) is 8.88. The Balaban J connectivity index is 1.72. The molecule has 10 nitrogen and oxygen atoms in total. The van der Waals surface area contributed by atoms with Gasteiger partial charge in [0.05, 0.1) is 24.6 Å². The van der Waals surface area contributed by atoms with Gasteiger partial charge >= 0.3 is 30.4 Å². The molecule has 0 spiro atoms. The van der Waals surface area contributed by atoms with Crippen LogP contribution in [-0.2, 0) is 30.0 Å². The van der Waals surface area contributed by atoms with Gasteiger partial charge in [0.1, 0.15) is 19.0 Å². The number of anilines is 1. The van der Waals surface area contributed by atoms with E-state index in [1.807, 2.05) is 0 Å². The first-order valence-electron chi connectivity index (χ1n) is 12.7. The summed E-state index contributed by atoms with van der Waals surface area (Å²) in [4.78, 5) is 51.7. The molecule has 2 aromatic carbocycles. The largest absolute Gasteiger partial charge is 0.491 e. The van der Waals surface area contributed by atoms with Crippen LogP contribution < -0.4 is 16.0 Å². The Morgan fingerprint density at radius 3 is 2.23 bits per heavy atom. The average molecular weight is 627 g/mol. The van der Waals surface area contributed by atoms with Crippen molar-refractivity contribution in [1.82, 2.24) is 15.6 Å². The van der Waals surface area contributed by atoms with Crippen molar-refractivity contribution in [3.05, 3.63) is 84.1 Å². The third kappa shape index (κ3) is 10.3. The smallest absolute Gasteiger partial charge is 0.448 e. The molecule has 3 aromatic rings. The van der Waals surface area contributed by atoms with Crippen LogP contribution in [-0.4, -0.2) is 54.8 Å². The van der Waals surface area contributed by atoms with E-state index >= 15 is 0 Å². The summed E-state index contributed by atoms with van der Waals surface area (Å²) in [6.07, 6.45) is -11.1. The molecule has 44 heavy (non-hydrogen) atoms. The van der Waals surface area contributed by atoms with Gasteiger partial charge in [-0.1, -0.05) is 48.5 Å². The molecule has 0 aliphatic heterocycles. The van der Waals surface area contributed by atoms with Crippen molar-refractivity contribution in [2.45, 2.75) is 24.8 Å². The molecular formula is C28H24F6N4O6.